The SMILES string of the molecule is CCc1ccc(CNC(=NC)NCc2cccc(CN(C)CC)c2)s1. The van der Waals surface area contributed by atoms with Gasteiger partial charge in [-0.25, -0.2) is 0 Å². The van der Waals surface area contributed by atoms with Gasteiger partial charge in [0.1, 0.15) is 0 Å². The number of hydrogen-bond donors (Lipinski definition) is 2. The quantitative estimate of drug-likeness (QED) is 0.559. The first-order chi connectivity index (χ1) is 12.1. The summed E-state index contributed by atoms with van der Waals surface area (Å²) in [5.74, 6) is 0.836. The smallest absolute Gasteiger partial charge is 0.191 e. The molecular formula is C20H30N4S. The summed E-state index contributed by atoms with van der Waals surface area (Å²) in [7, 11) is 3.96. The largest absolute Gasteiger partial charge is 0.352 e. The molecule has 1 heterocycles. The fourth-order valence-corrected chi connectivity index (χ4v) is 3.44. The zero-order valence-corrected chi connectivity index (χ0v) is 16.6. The molecule has 0 fully saturated rings. The van der Waals surface area contributed by atoms with Crippen molar-refractivity contribution >= 4 is 17.3 Å². The minimum absolute atomic E-state index is 0.772. The van der Waals surface area contributed by atoms with Crippen LogP contribution in [0.1, 0.15) is 34.7 Å². The van der Waals surface area contributed by atoms with Crippen LogP contribution in [0.15, 0.2) is 41.4 Å². The van der Waals surface area contributed by atoms with Gasteiger partial charge in [0.25, 0.3) is 0 Å². The van der Waals surface area contributed by atoms with Crippen LogP contribution in [-0.2, 0) is 26.1 Å². The Kier molecular flexibility index (Phi) is 7.95. The van der Waals surface area contributed by atoms with Crippen LogP contribution in [0.2, 0.25) is 0 Å². The Bertz CT molecular complexity index is 678. The molecule has 2 aromatic rings. The molecular weight excluding hydrogens is 328 g/mol. The van der Waals surface area contributed by atoms with Crippen molar-refractivity contribution in [1.82, 2.24) is 15.5 Å². The van der Waals surface area contributed by atoms with Crippen molar-refractivity contribution in [2.45, 2.75) is 39.9 Å². The lowest BCUT2D eigenvalue weighted by Gasteiger charge is -2.15. The standard InChI is InChI=1S/C20H30N4S/c1-5-18-10-11-19(25-18)14-23-20(21-3)22-13-16-8-7-9-17(12-16)15-24(4)6-2/h7-12H,5-6,13-15H2,1-4H3,(H2,21,22,23). The molecule has 0 unspecified atom stereocenters. The Balaban J connectivity index is 1.84. The van der Waals surface area contributed by atoms with E-state index in [4.69, 9.17) is 0 Å². The van der Waals surface area contributed by atoms with Crippen molar-refractivity contribution < 1.29 is 0 Å². The number of thiophene rings is 1. The summed E-state index contributed by atoms with van der Waals surface area (Å²) in [6.45, 7) is 7.99. The highest BCUT2D eigenvalue weighted by atomic mass is 32.1. The van der Waals surface area contributed by atoms with E-state index in [1.165, 1.54) is 20.9 Å². The lowest BCUT2D eigenvalue weighted by atomic mass is 10.1. The molecule has 0 radical (unpaired) electrons. The highest BCUT2D eigenvalue weighted by Gasteiger charge is 2.03. The van der Waals surface area contributed by atoms with Crippen LogP contribution in [0, 0.1) is 0 Å². The van der Waals surface area contributed by atoms with Crippen molar-refractivity contribution in [3.8, 4) is 0 Å². The molecule has 0 saturated heterocycles. The van der Waals surface area contributed by atoms with Crippen molar-refractivity contribution in [3.63, 3.8) is 0 Å². The molecule has 1 aromatic heterocycles. The van der Waals surface area contributed by atoms with Gasteiger partial charge in [0.05, 0.1) is 6.54 Å². The van der Waals surface area contributed by atoms with E-state index >= 15 is 0 Å². The molecule has 0 saturated carbocycles. The number of rotatable bonds is 8. The predicted molar refractivity (Wildman–Crippen MR) is 109 cm³/mol. The first-order valence-electron chi connectivity index (χ1n) is 8.93. The van der Waals surface area contributed by atoms with Gasteiger partial charge in [-0.05, 0) is 43.3 Å². The molecule has 0 aliphatic carbocycles. The zero-order chi connectivity index (χ0) is 18.1. The second-order valence-corrected chi connectivity index (χ2v) is 7.40. The highest BCUT2D eigenvalue weighted by Crippen LogP contribution is 2.16. The summed E-state index contributed by atoms with van der Waals surface area (Å²) in [6.07, 6.45) is 1.10. The Hall–Kier alpha value is -1.85. The van der Waals surface area contributed by atoms with Crippen LogP contribution < -0.4 is 10.6 Å². The summed E-state index contributed by atoms with van der Waals surface area (Å²) in [5, 5.41) is 6.79. The van der Waals surface area contributed by atoms with Crippen LogP contribution in [0.5, 0.6) is 0 Å². The van der Waals surface area contributed by atoms with Crippen molar-refractivity contribution in [2.75, 3.05) is 20.6 Å². The van der Waals surface area contributed by atoms with E-state index in [-0.39, 0.29) is 0 Å². The van der Waals surface area contributed by atoms with Crippen LogP contribution in [0.25, 0.3) is 0 Å². The van der Waals surface area contributed by atoms with Gasteiger partial charge >= 0.3 is 0 Å². The van der Waals surface area contributed by atoms with Crippen molar-refractivity contribution in [2.24, 2.45) is 4.99 Å². The average Bonchev–Trinajstić information content (AvgIpc) is 3.10. The molecule has 4 nitrogen and oxygen atoms in total. The number of nitrogens with zero attached hydrogens (tertiary/aromatic N) is 2. The average molecular weight is 359 g/mol. The number of guanidine groups is 1. The zero-order valence-electron chi connectivity index (χ0n) is 15.8. The van der Waals surface area contributed by atoms with Crippen molar-refractivity contribution in [1.29, 1.82) is 0 Å². The van der Waals surface area contributed by atoms with E-state index in [0.717, 1.165) is 38.6 Å². The third kappa shape index (κ3) is 6.52. The molecule has 1 aromatic carbocycles. The van der Waals surface area contributed by atoms with E-state index in [0.29, 0.717) is 0 Å². The van der Waals surface area contributed by atoms with E-state index < -0.39 is 0 Å². The van der Waals surface area contributed by atoms with Gasteiger partial charge in [-0.2, -0.15) is 0 Å². The van der Waals surface area contributed by atoms with Gasteiger partial charge in [-0.15, -0.1) is 11.3 Å². The molecule has 136 valence electrons. The van der Waals surface area contributed by atoms with E-state index in [1.807, 2.05) is 18.4 Å². The Labute approximate surface area is 156 Å². The fourth-order valence-electron chi connectivity index (χ4n) is 2.55. The second kappa shape index (κ2) is 10.2. The molecule has 0 atom stereocenters. The van der Waals surface area contributed by atoms with Gasteiger partial charge in [-0.3, -0.25) is 4.99 Å². The predicted octanol–water partition coefficient (Wildman–Crippen LogP) is 3.63. The Morgan fingerprint density at radius 3 is 2.44 bits per heavy atom. The number of hydrogen-bond acceptors (Lipinski definition) is 3. The molecule has 2 N–H and O–H groups in total. The summed E-state index contributed by atoms with van der Waals surface area (Å²) < 4.78 is 0. The van der Waals surface area contributed by atoms with E-state index in [1.54, 1.807) is 0 Å². The third-order valence-electron chi connectivity index (χ3n) is 4.16. The monoisotopic (exact) mass is 358 g/mol. The molecule has 0 aliphatic rings. The Morgan fingerprint density at radius 1 is 1.04 bits per heavy atom. The number of benzene rings is 1. The Morgan fingerprint density at radius 2 is 1.76 bits per heavy atom. The summed E-state index contributed by atoms with van der Waals surface area (Å²) in [6, 6.07) is 13.1. The lowest BCUT2D eigenvalue weighted by molar-refractivity contribution is 0.345. The summed E-state index contributed by atoms with van der Waals surface area (Å²) >= 11 is 1.86. The van der Waals surface area contributed by atoms with Crippen molar-refractivity contribution in [3.05, 3.63) is 57.3 Å². The number of nitrogens with one attached hydrogen (secondary N) is 2. The van der Waals surface area contributed by atoms with Crippen LogP contribution in [-0.4, -0.2) is 31.5 Å². The number of aliphatic imine (C=N–C) groups is 1. The maximum absolute atomic E-state index is 4.32. The highest BCUT2D eigenvalue weighted by molar-refractivity contribution is 7.11. The molecule has 25 heavy (non-hydrogen) atoms. The summed E-state index contributed by atoms with van der Waals surface area (Å²) in [4.78, 5) is 9.39. The maximum atomic E-state index is 4.32. The van der Waals surface area contributed by atoms with Gasteiger partial charge in [-0.1, -0.05) is 38.1 Å². The lowest BCUT2D eigenvalue weighted by Crippen LogP contribution is -2.36. The van der Waals surface area contributed by atoms with Gasteiger partial charge in [0, 0.05) is 29.9 Å². The third-order valence-corrected chi connectivity index (χ3v) is 5.39. The first kappa shape index (κ1) is 19.5. The second-order valence-electron chi connectivity index (χ2n) is 6.15. The maximum Gasteiger partial charge on any atom is 0.191 e. The van der Waals surface area contributed by atoms with Gasteiger partial charge < -0.3 is 15.5 Å². The first-order valence-corrected chi connectivity index (χ1v) is 9.74. The molecule has 0 bridgehead atoms. The van der Waals surface area contributed by atoms with Crippen LogP contribution in [0.4, 0.5) is 0 Å². The van der Waals surface area contributed by atoms with Crippen LogP contribution >= 0.6 is 11.3 Å². The summed E-state index contributed by atoms with van der Waals surface area (Å²) in [5.41, 5.74) is 2.62. The molecule has 0 spiro atoms. The van der Waals surface area contributed by atoms with Gasteiger partial charge in [0.15, 0.2) is 5.96 Å². The molecule has 0 amide bonds. The van der Waals surface area contributed by atoms with Crippen LogP contribution in [0.3, 0.4) is 0 Å². The minimum Gasteiger partial charge on any atom is -0.352 e. The molecule has 2 rings (SSSR count). The van der Waals surface area contributed by atoms with E-state index in [2.05, 4.69) is 77.8 Å². The molecule has 0 aliphatic heterocycles. The number of aryl methyl sites for hydroxylation is 1. The minimum atomic E-state index is 0.772. The normalized spacial score (nSPS) is 11.8. The van der Waals surface area contributed by atoms with E-state index in [9.17, 15) is 0 Å². The topological polar surface area (TPSA) is 39.7 Å². The van der Waals surface area contributed by atoms with Gasteiger partial charge in [0.2, 0.25) is 0 Å². The molecule has 5 heteroatoms. The fraction of sp³-hybridized carbons (Fsp3) is 0.450.